The lowest BCUT2D eigenvalue weighted by Gasteiger charge is -2.19. The average Bonchev–Trinajstić information content (AvgIpc) is 2.65. The van der Waals surface area contributed by atoms with Gasteiger partial charge in [-0.3, -0.25) is 4.79 Å². The smallest absolute Gasteiger partial charge is 0.227 e. The molecule has 1 aromatic carbocycles. The van der Waals surface area contributed by atoms with E-state index < -0.39 is 0 Å². The highest BCUT2D eigenvalue weighted by Crippen LogP contribution is 2.36. The van der Waals surface area contributed by atoms with Crippen molar-refractivity contribution in [3.05, 3.63) is 22.2 Å². The summed E-state index contributed by atoms with van der Waals surface area (Å²) < 4.78 is 0. The summed E-state index contributed by atoms with van der Waals surface area (Å²) >= 11 is 16.2. The minimum Gasteiger partial charge on any atom is -0.397 e. The fourth-order valence-electron chi connectivity index (χ4n) is 1.90. The molecule has 3 nitrogen and oxygen atoms in total. The van der Waals surface area contributed by atoms with Gasteiger partial charge in [0.05, 0.1) is 21.4 Å². The van der Waals surface area contributed by atoms with Gasteiger partial charge in [-0.15, -0.1) is 0 Å². The first-order chi connectivity index (χ1) is 8.02. The van der Waals surface area contributed by atoms with Gasteiger partial charge in [-0.25, -0.2) is 0 Å². The topological polar surface area (TPSA) is 46.3 Å². The molecule has 17 heavy (non-hydrogen) atoms. The van der Waals surface area contributed by atoms with Crippen LogP contribution in [-0.2, 0) is 4.79 Å². The molecule has 1 heterocycles. The molecule has 0 saturated carbocycles. The lowest BCUT2D eigenvalue weighted by molar-refractivity contribution is -0.117. The Labute approximate surface area is 115 Å². The third-order valence-electron chi connectivity index (χ3n) is 2.82. The highest BCUT2D eigenvalue weighted by Gasteiger charge is 2.31. The van der Waals surface area contributed by atoms with Crippen LogP contribution >= 0.6 is 35.8 Å². The number of hydrogen-bond acceptors (Lipinski definition) is 3. The summed E-state index contributed by atoms with van der Waals surface area (Å²) in [5, 5.41) is 0.853. The second-order valence-electron chi connectivity index (χ2n) is 4.08. The van der Waals surface area contributed by atoms with Crippen LogP contribution in [0.15, 0.2) is 12.1 Å². The lowest BCUT2D eigenvalue weighted by atomic mass is 10.1. The van der Waals surface area contributed by atoms with Crippen LogP contribution in [-0.4, -0.2) is 18.2 Å². The minimum absolute atomic E-state index is 0.0480. The van der Waals surface area contributed by atoms with Crippen molar-refractivity contribution in [1.29, 1.82) is 0 Å². The summed E-state index contributed by atoms with van der Waals surface area (Å²) in [7, 11) is 0. The standard InChI is InChI=1S/C11H12Cl2N2OS/c12-7-3-10(8(13)2-9(7)14)15-4-6(5-17)1-11(15)16/h2-3,6,17H,1,4-5,14H2. The minimum atomic E-state index is 0.0480. The largest absolute Gasteiger partial charge is 0.397 e. The summed E-state index contributed by atoms with van der Waals surface area (Å²) in [6.07, 6.45) is 0.502. The van der Waals surface area contributed by atoms with Gasteiger partial charge in [-0.05, 0) is 23.8 Å². The number of carbonyl (C=O) groups excluding carboxylic acids is 1. The SMILES string of the molecule is Nc1cc(Cl)c(N2CC(CS)CC2=O)cc1Cl. The van der Waals surface area contributed by atoms with E-state index in [2.05, 4.69) is 12.6 Å². The second-order valence-corrected chi connectivity index (χ2v) is 5.26. The second kappa shape index (κ2) is 4.96. The number of halogens is 2. The number of hydrogen-bond donors (Lipinski definition) is 2. The molecule has 0 aliphatic carbocycles. The molecule has 1 unspecified atom stereocenters. The molecule has 2 rings (SSSR count). The zero-order chi connectivity index (χ0) is 12.6. The van der Waals surface area contributed by atoms with Crippen LogP contribution in [0, 0.1) is 5.92 Å². The van der Waals surface area contributed by atoms with E-state index in [0.717, 1.165) is 0 Å². The number of carbonyl (C=O) groups is 1. The summed E-state index contributed by atoms with van der Waals surface area (Å²) in [4.78, 5) is 13.5. The van der Waals surface area contributed by atoms with E-state index in [9.17, 15) is 4.79 Å². The molecule has 1 atom stereocenters. The van der Waals surface area contributed by atoms with E-state index in [1.807, 2.05) is 0 Å². The number of benzene rings is 1. The Morgan fingerprint density at radius 1 is 1.41 bits per heavy atom. The Hall–Kier alpha value is -0.580. The predicted molar refractivity (Wildman–Crippen MR) is 75.2 cm³/mol. The van der Waals surface area contributed by atoms with E-state index in [-0.39, 0.29) is 11.8 Å². The van der Waals surface area contributed by atoms with Crippen LogP contribution < -0.4 is 10.6 Å². The van der Waals surface area contributed by atoms with Crippen LogP contribution in [0.4, 0.5) is 11.4 Å². The van der Waals surface area contributed by atoms with Crippen LogP contribution in [0.2, 0.25) is 10.0 Å². The molecule has 1 fully saturated rings. The van der Waals surface area contributed by atoms with Crippen molar-refractivity contribution < 1.29 is 4.79 Å². The van der Waals surface area contributed by atoms with Gasteiger partial charge < -0.3 is 10.6 Å². The fourth-order valence-corrected chi connectivity index (χ4v) is 2.57. The van der Waals surface area contributed by atoms with Crippen LogP contribution in [0.3, 0.4) is 0 Å². The third kappa shape index (κ3) is 2.49. The number of thiol groups is 1. The lowest BCUT2D eigenvalue weighted by Crippen LogP contribution is -2.25. The van der Waals surface area contributed by atoms with Crippen molar-refractivity contribution in [2.24, 2.45) is 5.92 Å². The molecular formula is C11H12Cl2N2OS. The molecular weight excluding hydrogens is 279 g/mol. The van der Waals surface area contributed by atoms with Gasteiger partial charge in [0.15, 0.2) is 0 Å². The summed E-state index contributed by atoms with van der Waals surface area (Å²) in [5.41, 5.74) is 6.68. The molecule has 0 radical (unpaired) electrons. The van der Waals surface area contributed by atoms with E-state index in [4.69, 9.17) is 28.9 Å². The van der Waals surface area contributed by atoms with Crippen molar-refractivity contribution in [2.75, 3.05) is 22.9 Å². The van der Waals surface area contributed by atoms with Crippen molar-refractivity contribution in [1.82, 2.24) is 0 Å². The number of nitrogens with zero attached hydrogens (tertiary/aromatic N) is 1. The summed E-state index contributed by atoms with van der Waals surface area (Å²) in [6, 6.07) is 3.21. The Bertz CT molecular complexity index is 467. The van der Waals surface area contributed by atoms with Crippen molar-refractivity contribution in [2.45, 2.75) is 6.42 Å². The highest BCUT2D eigenvalue weighted by atomic mass is 35.5. The van der Waals surface area contributed by atoms with Crippen LogP contribution in [0.1, 0.15) is 6.42 Å². The molecule has 2 N–H and O–H groups in total. The molecule has 0 spiro atoms. The van der Waals surface area contributed by atoms with E-state index >= 15 is 0 Å². The number of anilines is 2. The zero-order valence-electron chi connectivity index (χ0n) is 8.99. The van der Waals surface area contributed by atoms with Crippen LogP contribution in [0.5, 0.6) is 0 Å². The van der Waals surface area contributed by atoms with Crippen molar-refractivity contribution in [3.8, 4) is 0 Å². The van der Waals surface area contributed by atoms with Gasteiger partial charge in [0.1, 0.15) is 0 Å². The molecule has 92 valence electrons. The molecule has 1 aliphatic heterocycles. The maximum Gasteiger partial charge on any atom is 0.227 e. The maximum atomic E-state index is 11.9. The summed E-state index contributed by atoms with van der Waals surface area (Å²) in [5.74, 6) is 0.993. The first kappa shape index (κ1) is 12.9. The van der Waals surface area contributed by atoms with E-state index in [0.29, 0.717) is 40.1 Å². The van der Waals surface area contributed by atoms with Gasteiger partial charge in [-0.2, -0.15) is 12.6 Å². The quantitative estimate of drug-likeness (QED) is 0.650. The molecule has 6 heteroatoms. The zero-order valence-corrected chi connectivity index (χ0v) is 11.4. The van der Waals surface area contributed by atoms with Gasteiger partial charge in [0.2, 0.25) is 5.91 Å². The predicted octanol–water partition coefficient (Wildman–Crippen LogP) is 2.86. The number of amides is 1. The highest BCUT2D eigenvalue weighted by molar-refractivity contribution is 7.80. The van der Waals surface area contributed by atoms with Crippen molar-refractivity contribution >= 4 is 53.1 Å². The van der Waals surface area contributed by atoms with Gasteiger partial charge in [0, 0.05) is 13.0 Å². The summed E-state index contributed by atoms with van der Waals surface area (Å²) in [6.45, 7) is 0.627. The Morgan fingerprint density at radius 3 is 2.71 bits per heavy atom. The number of rotatable bonds is 2. The third-order valence-corrected chi connectivity index (χ3v) is 3.97. The van der Waals surface area contributed by atoms with E-state index in [1.54, 1.807) is 17.0 Å². The fraction of sp³-hybridized carbons (Fsp3) is 0.364. The Kier molecular flexibility index (Phi) is 3.76. The molecule has 0 bridgehead atoms. The first-order valence-electron chi connectivity index (χ1n) is 5.18. The molecule has 0 aromatic heterocycles. The maximum absolute atomic E-state index is 11.9. The van der Waals surface area contributed by atoms with Crippen LogP contribution in [0.25, 0.3) is 0 Å². The Morgan fingerprint density at radius 2 is 2.12 bits per heavy atom. The Balaban J connectivity index is 2.35. The van der Waals surface area contributed by atoms with Gasteiger partial charge in [-0.1, -0.05) is 23.2 Å². The first-order valence-corrected chi connectivity index (χ1v) is 6.57. The number of nitrogens with two attached hydrogens (primary N) is 1. The molecule has 1 saturated heterocycles. The van der Waals surface area contributed by atoms with Gasteiger partial charge in [0.25, 0.3) is 0 Å². The van der Waals surface area contributed by atoms with Gasteiger partial charge >= 0.3 is 0 Å². The monoisotopic (exact) mass is 290 g/mol. The number of nitrogen functional groups attached to an aromatic ring is 1. The van der Waals surface area contributed by atoms with E-state index in [1.165, 1.54) is 0 Å². The normalized spacial score (nSPS) is 20.1. The molecule has 1 aromatic rings. The van der Waals surface area contributed by atoms with Crippen molar-refractivity contribution in [3.63, 3.8) is 0 Å². The average molecular weight is 291 g/mol. The molecule has 1 amide bonds. The molecule has 1 aliphatic rings.